The highest BCUT2D eigenvalue weighted by Crippen LogP contribution is 2.22. The van der Waals surface area contributed by atoms with Crippen molar-refractivity contribution in [2.45, 2.75) is 13.0 Å². The minimum absolute atomic E-state index is 0.0267. The van der Waals surface area contributed by atoms with Gasteiger partial charge >= 0.3 is 5.97 Å². The molecule has 1 heterocycles. The molecule has 1 N–H and O–H groups in total. The average molecular weight is 289 g/mol. The number of aromatic nitrogens is 2. The van der Waals surface area contributed by atoms with Crippen molar-refractivity contribution in [3.05, 3.63) is 27.7 Å². The van der Waals surface area contributed by atoms with Gasteiger partial charge in [0.05, 0.1) is 29.6 Å². The zero-order valence-corrected chi connectivity index (χ0v) is 11.1. The molecular formula is C11H10ClFN2O2S. The quantitative estimate of drug-likeness (QED) is 0.697. The molecule has 0 atom stereocenters. The molecule has 4 nitrogen and oxygen atoms in total. The van der Waals surface area contributed by atoms with E-state index in [1.165, 1.54) is 19.2 Å². The summed E-state index contributed by atoms with van der Waals surface area (Å²) in [6.45, 7) is 0.326. The molecule has 0 spiro atoms. The van der Waals surface area contributed by atoms with Crippen molar-refractivity contribution >= 4 is 40.8 Å². The van der Waals surface area contributed by atoms with Gasteiger partial charge in [0.15, 0.2) is 4.77 Å². The van der Waals surface area contributed by atoms with Gasteiger partial charge in [0.25, 0.3) is 0 Å². The van der Waals surface area contributed by atoms with E-state index in [-0.39, 0.29) is 17.4 Å². The number of aryl methyl sites for hydroxylation is 1. The molecule has 1 aromatic heterocycles. The van der Waals surface area contributed by atoms with Crippen molar-refractivity contribution in [1.82, 2.24) is 9.55 Å². The summed E-state index contributed by atoms with van der Waals surface area (Å²) in [4.78, 5) is 14.0. The van der Waals surface area contributed by atoms with Crippen molar-refractivity contribution in [1.29, 1.82) is 0 Å². The van der Waals surface area contributed by atoms with E-state index in [2.05, 4.69) is 9.72 Å². The monoisotopic (exact) mass is 288 g/mol. The summed E-state index contributed by atoms with van der Waals surface area (Å²) < 4.78 is 20.0. The summed E-state index contributed by atoms with van der Waals surface area (Å²) in [6.07, 6.45) is 0.169. The van der Waals surface area contributed by atoms with Gasteiger partial charge in [-0.15, -0.1) is 0 Å². The lowest BCUT2D eigenvalue weighted by molar-refractivity contribution is -0.140. The van der Waals surface area contributed by atoms with Crippen LogP contribution in [0.1, 0.15) is 6.42 Å². The third-order valence-electron chi connectivity index (χ3n) is 2.58. The fourth-order valence-corrected chi connectivity index (χ4v) is 2.14. The third kappa shape index (κ3) is 2.39. The minimum atomic E-state index is -0.523. The molecule has 1 aromatic carbocycles. The maximum atomic E-state index is 13.4. The second kappa shape index (κ2) is 5.07. The molecule has 96 valence electrons. The van der Waals surface area contributed by atoms with Crippen molar-refractivity contribution in [3.8, 4) is 0 Å². The Morgan fingerprint density at radius 3 is 3.00 bits per heavy atom. The van der Waals surface area contributed by atoms with Gasteiger partial charge in [0, 0.05) is 12.6 Å². The molecule has 0 radical (unpaired) electrons. The Morgan fingerprint density at radius 1 is 1.61 bits per heavy atom. The van der Waals surface area contributed by atoms with E-state index in [1.54, 1.807) is 4.57 Å². The number of esters is 1. The largest absolute Gasteiger partial charge is 0.469 e. The first-order valence-electron chi connectivity index (χ1n) is 5.17. The molecular weight excluding hydrogens is 279 g/mol. The molecule has 0 saturated heterocycles. The number of carbonyl (C=O) groups excluding carboxylic acids is 1. The highest BCUT2D eigenvalue weighted by Gasteiger charge is 2.10. The summed E-state index contributed by atoms with van der Waals surface area (Å²) in [7, 11) is 1.32. The van der Waals surface area contributed by atoms with E-state index in [0.29, 0.717) is 22.3 Å². The van der Waals surface area contributed by atoms with Gasteiger partial charge in [-0.1, -0.05) is 11.6 Å². The van der Waals surface area contributed by atoms with Crippen LogP contribution in [0, 0.1) is 10.6 Å². The van der Waals surface area contributed by atoms with E-state index >= 15 is 0 Å². The van der Waals surface area contributed by atoms with E-state index in [9.17, 15) is 9.18 Å². The number of fused-ring (bicyclic) bond motifs is 1. The molecule has 2 rings (SSSR count). The van der Waals surface area contributed by atoms with Crippen LogP contribution in [0.2, 0.25) is 5.02 Å². The predicted octanol–water partition coefficient (Wildman–Crippen LogP) is 3.05. The number of imidazole rings is 1. The van der Waals surface area contributed by atoms with E-state index in [1.807, 2.05) is 0 Å². The van der Waals surface area contributed by atoms with Crippen LogP contribution in [0.25, 0.3) is 11.0 Å². The third-order valence-corrected chi connectivity index (χ3v) is 3.20. The Morgan fingerprint density at radius 2 is 2.33 bits per heavy atom. The van der Waals surface area contributed by atoms with E-state index in [4.69, 9.17) is 23.8 Å². The molecule has 0 saturated carbocycles. The first-order chi connectivity index (χ1) is 8.52. The molecule has 0 amide bonds. The smallest absolute Gasteiger partial charge is 0.307 e. The molecule has 18 heavy (non-hydrogen) atoms. The van der Waals surface area contributed by atoms with Gasteiger partial charge in [-0.2, -0.15) is 0 Å². The van der Waals surface area contributed by atoms with Gasteiger partial charge < -0.3 is 14.3 Å². The number of aromatic amines is 1. The van der Waals surface area contributed by atoms with Crippen LogP contribution in [0.4, 0.5) is 4.39 Å². The number of nitrogens with zero attached hydrogens (tertiary/aromatic N) is 1. The fraction of sp³-hybridized carbons (Fsp3) is 0.273. The van der Waals surface area contributed by atoms with Crippen molar-refractivity contribution in [2.24, 2.45) is 0 Å². The Labute approximate surface area is 112 Å². The first kappa shape index (κ1) is 13.0. The second-order valence-corrected chi connectivity index (χ2v) is 4.49. The molecule has 2 aromatic rings. The number of rotatable bonds is 3. The maximum absolute atomic E-state index is 13.4. The molecule has 7 heteroatoms. The second-order valence-electron chi connectivity index (χ2n) is 3.69. The Kier molecular flexibility index (Phi) is 3.68. The minimum Gasteiger partial charge on any atom is -0.469 e. The molecule has 0 aliphatic rings. The molecule has 0 bridgehead atoms. The topological polar surface area (TPSA) is 47.0 Å². The van der Waals surface area contributed by atoms with Crippen molar-refractivity contribution in [3.63, 3.8) is 0 Å². The van der Waals surface area contributed by atoms with Gasteiger partial charge in [0.2, 0.25) is 0 Å². The number of ether oxygens (including phenoxy) is 1. The van der Waals surface area contributed by atoms with Crippen LogP contribution >= 0.6 is 23.8 Å². The SMILES string of the molecule is COC(=O)CCn1c(=S)[nH]c2cc(Cl)c(F)cc21. The number of halogens is 2. The van der Waals surface area contributed by atoms with E-state index < -0.39 is 5.82 Å². The normalized spacial score (nSPS) is 10.8. The van der Waals surface area contributed by atoms with Crippen LogP contribution in [0.3, 0.4) is 0 Å². The maximum Gasteiger partial charge on any atom is 0.307 e. The van der Waals surface area contributed by atoms with Crippen LogP contribution in [0.15, 0.2) is 12.1 Å². The highest BCUT2D eigenvalue weighted by atomic mass is 35.5. The van der Waals surface area contributed by atoms with Crippen LogP contribution in [-0.2, 0) is 16.1 Å². The number of H-pyrrole nitrogens is 1. The predicted molar refractivity (Wildman–Crippen MR) is 68.7 cm³/mol. The standard InChI is InChI=1S/C11H10ClFN2O2S/c1-17-10(16)2-3-15-9-5-7(13)6(12)4-8(9)14-11(15)18/h4-5H,2-3H2,1H3,(H,14,18). The lowest BCUT2D eigenvalue weighted by Crippen LogP contribution is -2.07. The van der Waals surface area contributed by atoms with Gasteiger partial charge in [-0.05, 0) is 18.3 Å². The van der Waals surface area contributed by atoms with Crippen molar-refractivity contribution < 1.29 is 13.9 Å². The number of benzene rings is 1. The lowest BCUT2D eigenvalue weighted by Gasteiger charge is -2.03. The number of methoxy groups -OCH3 is 1. The summed E-state index contributed by atoms with van der Waals surface area (Å²) in [5.74, 6) is -0.870. The lowest BCUT2D eigenvalue weighted by atomic mass is 10.3. The van der Waals surface area contributed by atoms with Gasteiger partial charge in [-0.25, -0.2) is 4.39 Å². The van der Waals surface area contributed by atoms with Crippen LogP contribution in [-0.4, -0.2) is 22.6 Å². The number of nitrogens with one attached hydrogen (secondary N) is 1. The van der Waals surface area contributed by atoms with Gasteiger partial charge in [0.1, 0.15) is 5.82 Å². The van der Waals surface area contributed by atoms with Crippen molar-refractivity contribution in [2.75, 3.05) is 7.11 Å². The molecule has 0 aliphatic heterocycles. The zero-order chi connectivity index (χ0) is 13.3. The Hall–Kier alpha value is -1.40. The summed E-state index contributed by atoms with van der Waals surface area (Å²) in [5.41, 5.74) is 1.21. The number of carbonyl (C=O) groups is 1. The molecule has 0 aliphatic carbocycles. The number of hydrogen-bond donors (Lipinski definition) is 1. The highest BCUT2D eigenvalue weighted by molar-refractivity contribution is 7.71. The Bertz CT molecular complexity index is 665. The van der Waals surface area contributed by atoms with Gasteiger partial charge in [-0.3, -0.25) is 4.79 Å². The summed E-state index contributed by atoms with van der Waals surface area (Å²) >= 11 is 10.8. The average Bonchev–Trinajstić information content (AvgIpc) is 2.62. The molecule has 0 fully saturated rings. The fourth-order valence-electron chi connectivity index (χ4n) is 1.68. The summed E-state index contributed by atoms with van der Waals surface area (Å²) in [5, 5.41) is 0.0267. The van der Waals surface area contributed by atoms with Crippen LogP contribution < -0.4 is 0 Å². The first-order valence-corrected chi connectivity index (χ1v) is 5.96. The van der Waals surface area contributed by atoms with E-state index in [0.717, 1.165) is 0 Å². The number of hydrogen-bond acceptors (Lipinski definition) is 3. The zero-order valence-electron chi connectivity index (χ0n) is 9.50. The Balaban J connectivity index is 2.44. The molecule has 0 unspecified atom stereocenters. The van der Waals surface area contributed by atoms with Crippen LogP contribution in [0.5, 0.6) is 0 Å². The summed E-state index contributed by atoms with van der Waals surface area (Å²) in [6, 6.07) is 2.76.